The lowest BCUT2D eigenvalue weighted by Gasteiger charge is -2.07. The van der Waals surface area contributed by atoms with Gasteiger partial charge in [-0.15, -0.1) is 0 Å². The summed E-state index contributed by atoms with van der Waals surface area (Å²) in [5.41, 5.74) is -6.87. The van der Waals surface area contributed by atoms with Crippen LogP contribution in [0.3, 0.4) is 0 Å². The Morgan fingerprint density at radius 2 is 1.94 bits per heavy atom. The fraction of sp³-hybridized carbons (Fsp3) is 0.125. The molecule has 0 amide bonds. The third-order valence-corrected chi connectivity index (χ3v) is 2.98. The summed E-state index contributed by atoms with van der Waals surface area (Å²) in [6.45, 7) is 0. The van der Waals surface area contributed by atoms with Crippen LogP contribution in [-0.4, -0.2) is 25.7 Å². The van der Waals surface area contributed by atoms with Gasteiger partial charge in [-0.25, -0.2) is 9.00 Å². The number of nitro benzene ring substituents is 1. The minimum Gasteiger partial charge on any atom is -0.478 e. The maximum Gasteiger partial charge on any atom is 0.476 e. The van der Waals surface area contributed by atoms with Gasteiger partial charge >= 0.3 is 11.5 Å². The van der Waals surface area contributed by atoms with Gasteiger partial charge in [-0.2, -0.15) is 13.2 Å². The second-order valence-corrected chi connectivity index (χ2v) is 4.40. The van der Waals surface area contributed by atoms with Gasteiger partial charge in [0.2, 0.25) is 0 Å². The maximum atomic E-state index is 12.2. The first-order valence-electron chi connectivity index (χ1n) is 4.15. The molecule has 1 unspecified atom stereocenters. The SMILES string of the molecule is O=C(O)c1ccc(S(=O)C(F)(F)F)c([N+](=O)[O-])c1. The number of carboxylic acid groups (broad SMARTS) is 1. The summed E-state index contributed by atoms with van der Waals surface area (Å²) < 4.78 is 47.6. The van der Waals surface area contributed by atoms with Gasteiger partial charge < -0.3 is 5.11 Å². The molecular weight excluding hydrogens is 279 g/mol. The number of hydrogen-bond donors (Lipinski definition) is 1. The number of nitrogens with zero attached hydrogens (tertiary/aromatic N) is 1. The van der Waals surface area contributed by atoms with E-state index in [2.05, 4.69) is 0 Å². The highest BCUT2D eigenvalue weighted by atomic mass is 32.2. The van der Waals surface area contributed by atoms with E-state index in [1.807, 2.05) is 0 Å². The van der Waals surface area contributed by atoms with E-state index in [0.29, 0.717) is 18.2 Å². The number of nitro groups is 1. The first-order valence-corrected chi connectivity index (χ1v) is 5.30. The van der Waals surface area contributed by atoms with Gasteiger partial charge in [-0.1, -0.05) is 0 Å². The molecule has 18 heavy (non-hydrogen) atoms. The molecule has 0 aromatic heterocycles. The lowest BCUT2D eigenvalue weighted by molar-refractivity contribution is -0.387. The van der Waals surface area contributed by atoms with E-state index >= 15 is 0 Å². The van der Waals surface area contributed by atoms with E-state index in [4.69, 9.17) is 5.11 Å². The fourth-order valence-corrected chi connectivity index (χ4v) is 1.84. The lowest BCUT2D eigenvalue weighted by atomic mass is 10.2. The van der Waals surface area contributed by atoms with Crippen molar-refractivity contribution in [3.05, 3.63) is 33.9 Å². The molecule has 98 valence electrons. The van der Waals surface area contributed by atoms with Gasteiger partial charge in [0.05, 0.1) is 10.5 Å². The molecule has 0 aliphatic rings. The van der Waals surface area contributed by atoms with Crippen molar-refractivity contribution < 1.29 is 32.2 Å². The average molecular weight is 283 g/mol. The molecule has 1 N–H and O–H groups in total. The summed E-state index contributed by atoms with van der Waals surface area (Å²) in [6.07, 6.45) is 0. The van der Waals surface area contributed by atoms with E-state index in [1.54, 1.807) is 0 Å². The number of carboxylic acids is 1. The Labute approximate surface area is 99.6 Å². The molecule has 1 atom stereocenters. The number of rotatable bonds is 3. The Balaban J connectivity index is 3.42. The van der Waals surface area contributed by atoms with Crippen molar-refractivity contribution in [3.63, 3.8) is 0 Å². The van der Waals surface area contributed by atoms with E-state index in [0.717, 1.165) is 0 Å². The molecule has 1 aromatic rings. The van der Waals surface area contributed by atoms with Gasteiger partial charge in [0.1, 0.15) is 4.90 Å². The molecule has 0 saturated heterocycles. The fourth-order valence-electron chi connectivity index (χ4n) is 1.07. The Hall–Kier alpha value is -1.97. The van der Waals surface area contributed by atoms with Crippen molar-refractivity contribution in [3.8, 4) is 0 Å². The molecule has 0 aliphatic carbocycles. The lowest BCUT2D eigenvalue weighted by Crippen LogP contribution is -2.17. The zero-order valence-electron chi connectivity index (χ0n) is 8.30. The first-order chi connectivity index (χ1) is 8.14. The van der Waals surface area contributed by atoms with Crippen LogP contribution in [0.4, 0.5) is 18.9 Å². The summed E-state index contributed by atoms with van der Waals surface area (Å²) >= 11 is 0. The molecule has 1 aromatic carbocycles. The van der Waals surface area contributed by atoms with Crippen LogP contribution in [0.1, 0.15) is 10.4 Å². The molecule has 1 rings (SSSR count). The molecular formula is C8H4F3NO5S. The topological polar surface area (TPSA) is 97.5 Å². The predicted molar refractivity (Wildman–Crippen MR) is 52.5 cm³/mol. The van der Waals surface area contributed by atoms with Crippen molar-refractivity contribution in [2.24, 2.45) is 0 Å². The molecule has 10 heteroatoms. The van der Waals surface area contributed by atoms with Crippen molar-refractivity contribution in [2.75, 3.05) is 0 Å². The molecule has 0 aliphatic heterocycles. The minimum atomic E-state index is -5.16. The summed E-state index contributed by atoms with van der Waals surface area (Å²) in [4.78, 5) is 18.8. The monoisotopic (exact) mass is 283 g/mol. The van der Waals surface area contributed by atoms with Gasteiger partial charge in [0.25, 0.3) is 5.69 Å². The Morgan fingerprint density at radius 1 is 1.39 bits per heavy atom. The summed E-state index contributed by atoms with van der Waals surface area (Å²) in [6, 6.07) is 1.67. The number of carbonyl (C=O) groups is 1. The normalized spacial score (nSPS) is 13.1. The van der Waals surface area contributed by atoms with Crippen LogP contribution in [0.25, 0.3) is 0 Å². The van der Waals surface area contributed by atoms with Crippen LogP contribution < -0.4 is 0 Å². The molecule has 0 bridgehead atoms. The standard InChI is InChI=1S/C8H4F3NO5S/c9-8(10,11)18(17)6-2-1-4(7(13)14)3-5(6)12(15)16/h1-3H,(H,13,14). The second-order valence-electron chi connectivity index (χ2n) is 2.96. The third kappa shape index (κ3) is 2.83. The summed E-state index contributed by atoms with van der Waals surface area (Å²) in [7, 11) is -3.59. The van der Waals surface area contributed by atoms with Crippen molar-refractivity contribution in [1.82, 2.24) is 0 Å². The van der Waals surface area contributed by atoms with Crippen LogP contribution in [0.5, 0.6) is 0 Å². The van der Waals surface area contributed by atoms with Crippen LogP contribution in [-0.2, 0) is 10.8 Å². The van der Waals surface area contributed by atoms with Crippen LogP contribution in [0.2, 0.25) is 0 Å². The molecule has 6 nitrogen and oxygen atoms in total. The third-order valence-electron chi connectivity index (χ3n) is 1.81. The van der Waals surface area contributed by atoms with E-state index < -0.39 is 43.3 Å². The number of hydrogen-bond acceptors (Lipinski definition) is 4. The minimum absolute atomic E-state index is 0.432. The Bertz CT molecular complexity index is 542. The zero-order chi connectivity index (χ0) is 14.1. The molecule has 0 saturated carbocycles. The predicted octanol–water partition coefficient (Wildman–Crippen LogP) is 1.92. The van der Waals surface area contributed by atoms with Crippen LogP contribution in [0, 0.1) is 10.1 Å². The van der Waals surface area contributed by atoms with E-state index in [9.17, 15) is 32.3 Å². The number of halogens is 3. The molecule has 0 heterocycles. The van der Waals surface area contributed by atoms with E-state index in [-0.39, 0.29) is 0 Å². The van der Waals surface area contributed by atoms with Gasteiger partial charge in [0, 0.05) is 6.07 Å². The number of benzene rings is 1. The van der Waals surface area contributed by atoms with Gasteiger partial charge in [0.15, 0.2) is 10.8 Å². The van der Waals surface area contributed by atoms with Crippen LogP contribution >= 0.6 is 0 Å². The highest BCUT2D eigenvalue weighted by Gasteiger charge is 2.41. The summed E-state index contributed by atoms with van der Waals surface area (Å²) in [5, 5.41) is 19.1. The van der Waals surface area contributed by atoms with E-state index in [1.165, 1.54) is 0 Å². The average Bonchev–Trinajstić information content (AvgIpc) is 2.25. The first kappa shape index (κ1) is 14.1. The summed E-state index contributed by atoms with van der Waals surface area (Å²) in [5.74, 6) is -1.54. The largest absolute Gasteiger partial charge is 0.478 e. The number of aromatic carboxylic acids is 1. The van der Waals surface area contributed by atoms with Gasteiger partial charge in [-0.3, -0.25) is 10.1 Å². The second kappa shape index (κ2) is 4.72. The molecule has 0 spiro atoms. The van der Waals surface area contributed by atoms with Gasteiger partial charge in [-0.05, 0) is 12.1 Å². The quantitative estimate of drug-likeness (QED) is 0.675. The highest BCUT2D eigenvalue weighted by Crippen LogP contribution is 2.32. The highest BCUT2D eigenvalue weighted by molar-refractivity contribution is 7.86. The maximum absolute atomic E-state index is 12.2. The van der Waals surface area contributed by atoms with Crippen molar-refractivity contribution in [2.45, 2.75) is 10.4 Å². The van der Waals surface area contributed by atoms with Crippen LogP contribution in [0.15, 0.2) is 23.1 Å². The molecule has 0 fully saturated rings. The zero-order valence-corrected chi connectivity index (χ0v) is 9.12. The smallest absolute Gasteiger partial charge is 0.476 e. The molecule has 0 radical (unpaired) electrons. The van der Waals surface area contributed by atoms with Crippen molar-refractivity contribution >= 4 is 22.5 Å². The Kier molecular flexibility index (Phi) is 3.70. The Morgan fingerprint density at radius 3 is 2.33 bits per heavy atom. The van der Waals surface area contributed by atoms with Crippen molar-refractivity contribution in [1.29, 1.82) is 0 Å². The number of alkyl halides is 3.